The van der Waals surface area contributed by atoms with Gasteiger partial charge >= 0.3 is 29.6 Å². The van der Waals surface area contributed by atoms with Crippen molar-refractivity contribution in [1.29, 1.82) is 0 Å². The summed E-state index contributed by atoms with van der Waals surface area (Å²) in [6.45, 7) is -0.232. The van der Waals surface area contributed by atoms with Gasteiger partial charge in [-0.2, -0.15) is 0 Å². The molecule has 1 N–H and O–H groups in total. The molecular weight excluding hydrogens is 135 g/mol. The largest absolute Gasteiger partial charge is 1.00 e. The second-order valence-corrected chi connectivity index (χ2v) is 1.07. The molecule has 0 amide bonds. The first-order valence-corrected chi connectivity index (χ1v) is 2.35. The maximum atomic E-state index is 9.63. The van der Waals surface area contributed by atoms with E-state index in [1.165, 1.54) is 0 Å². The van der Waals surface area contributed by atoms with Gasteiger partial charge in [-0.25, -0.2) is 9.78 Å². The molecule has 0 aromatic carbocycles. The summed E-state index contributed by atoms with van der Waals surface area (Å²) in [5.74, 6) is 0. The minimum atomic E-state index is -0.314. The van der Waals surface area contributed by atoms with Crippen molar-refractivity contribution < 1.29 is 49.5 Å². The number of hydrogen-bond donors (Lipinski definition) is 1. The van der Waals surface area contributed by atoms with E-state index in [-0.39, 0.29) is 56.0 Å². The third kappa shape index (κ3) is 12.1. The molecule has 5 heteroatoms. The molecule has 0 aromatic heterocycles. The number of aliphatic hydroxyl groups is 1. The molecule has 0 saturated heterocycles. The van der Waals surface area contributed by atoms with E-state index in [4.69, 9.17) is 5.11 Å². The molecule has 0 aliphatic carbocycles. The van der Waals surface area contributed by atoms with Gasteiger partial charge in [-0.05, 0) is 0 Å². The SMILES string of the molecule is [Na+].[O-]CCOOCCO. The maximum Gasteiger partial charge on any atom is 1.00 e. The Morgan fingerprint density at radius 1 is 1.22 bits per heavy atom. The molecule has 0 fully saturated rings. The van der Waals surface area contributed by atoms with E-state index in [2.05, 4.69) is 9.78 Å². The van der Waals surface area contributed by atoms with Crippen LogP contribution < -0.4 is 34.7 Å². The van der Waals surface area contributed by atoms with Crippen LogP contribution in [0.3, 0.4) is 0 Å². The Kier molecular flexibility index (Phi) is 16.1. The topological polar surface area (TPSA) is 61.8 Å². The van der Waals surface area contributed by atoms with Crippen LogP contribution in [-0.2, 0) is 9.78 Å². The minimum absolute atomic E-state index is 0. The van der Waals surface area contributed by atoms with Crippen LogP contribution >= 0.6 is 0 Å². The predicted octanol–water partition coefficient (Wildman–Crippen LogP) is -4.71. The van der Waals surface area contributed by atoms with Gasteiger partial charge in [-0.1, -0.05) is 0 Å². The van der Waals surface area contributed by atoms with Crippen molar-refractivity contribution in [1.82, 2.24) is 0 Å². The van der Waals surface area contributed by atoms with Crippen molar-refractivity contribution in [2.24, 2.45) is 0 Å². The molecule has 0 saturated carbocycles. The number of hydrogen-bond acceptors (Lipinski definition) is 4. The van der Waals surface area contributed by atoms with Crippen molar-refractivity contribution in [2.75, 3.05) is 26.4 Å². The molecule has 9 heavy (non-hydrogen) atoms. The van der Waals surface area contributed by atoms with Gasteiger partial charge in [-0.3, -0.25) is 0 Å². The molecule has 0 radical (unpaired) electrons. The van der Waals surface area contributed by atoms with Crippen molar-refractivity contribution in [3.8, 4) is 0 Å². The van der Waals surface area contributed by atoms with Gasteiger partial charge in [0.1, 0.15) is 6.61 Å². The quantitative estimate of drug-likeness (QED) is 0.182. The van der Waals surface area contributed by atoms with E-state index < -0.39 is 0 Å². The summed E-state index contributed by atoms with van der Waals surface area (Å²) in [5.41, 5.74) is 0. The first kappa shape index (κ1) is 12.5. The maximum absolute atomic E-state index is 9.63. The average molecular weight is 144 g/mol. The molecule has 0 aliphatic rings. The van der Waals surface area contributed by atoms with Crippen molar-refractivity contribution >= 4 is 0 Å². The summed E-state index contributed by atoms with van der Waals surface area (Å²) in [4.78, 5) is 8.52. The molecule has 0 aliphatic heterocycles. The smallest absolute Gasteiger partial charge is 0.853 e. The third-order valence-corrected chi connectivity index (χ3v) is 0.425. The standard InChI is InChI=1S/C4H9O4.Na/c5-1-3-7-8-4-2-6;/h5H,1-4H2;/q-1;+1. The van der Waals surface area contributed by atoms with Gasteiger partial charge in [0.2, 0.25) is 0 Å². The second kappa shape index (κ2) is 11.6. The molecule has 0 bridgehead atoms. The number of aliphatic hydroxyl groups excluding tert-OH is 1. The summed E-state index contributed by atoms with van der Waals surface area (Å²) in [6, 6.07) is 0. The Morgan fingerprint density at radius 3 is 2.22 bits per heavy atom. The summed E-state index contributed by atoms with van der Waals surface area (Å²) >= 11 is 0. The summed E-state index contributed by atoms with van der Waals surface area (Å²) in [6.07, 6.45) is 0. The van der Waals surface area contributed by atoms with E-state index in [0.29, 0.717) is 0 Å². The Labute approximate surface area is 76.0 Å². The fourth-order valence-electron chi connectivity index (χ4n) is 0.189. The average Bonchev–Trinajstić information content (AvgIpc) is 1.81. The van der Waals surface area contributed by atoms with Gasteiger partial charge < -0.3 is 10.2 Å². The minimum Gasteiger partial charge on any atom is -0.853 e. The molecule has 0 unspecified atom stereocenters. The van der Waals surface area contributed by atoms with Crippen LogP contribution in [0.4, 0.5) is 0 Å². The van der Waals surface area contributed by atoms with Crippen LogP contribution in [-0.4, -0.2) is 31.5 Å². The van der Waals surface area contributed by atoms with E-state index >= 15 is 0 Å². The summed E-state index contributed by atoms with van der Waals surface area (Å²) in [5, 5.41) is 17.7. The number of rotatable bonds is 5. The van der Waals surface area contributed by atoms with E-state index in [1.54, 1.807) is 0 Å². The van der Waals surface area contributed by atoms with Crippen LogP contribution in [0.1, 0.15) is 0 Å². The van der Waals surface area contributed by atoms with E-state index in [1.807, 2.05) is 0 Å². The van der Waals surface area contributed by atoms with Gasteiger partial charge in [0.05, 0.1) is 13.2 Å². The van der Waals surface area contributed by atoms with Crippen LogP contribution in [0.5, 0.6) is 0 Å². The zero-order chi connectivity index (χ0) is 6.24. The van der Waals surface area contributed by atoms with Crippen molar-refractivity contribution in [3.63, 3.8) is 0 Å². The zero-order valence-electron chi connectivity index (χ0n) is 5.50. The van der Waals surface area contributed by atoms with Crippen molar-refractivity contribution in [2.45, 2.75) is 0 Å². The zero-order valence-corrected chi connectivity index (χ0v) is 7.50. The summed E-state index contributed by atoms with van der Waals surface area (Å²) in [7, 11) is 0. The van der Waals surface area contributed by atoms with Crippen LogP contribution in [0, 0.1) is 0 Å². The normalized spacial score (nSPS) is 8.67. The first-order valence-electron chi connectivity index (χ1n) is 2.35. The molecule has 0 rings (SSSR count). The predicted molar refractivity (Wildman–Crippen MR) is 23.9 cm³/mol. The van der Waals surface area contributed by atoms with E-state index in [9.17, 15) is 5.11 Å². The molecule has 0 aromatic rings. The van der Waals surface area contributed by atoms with Gasteiger partial charge in [-0.15, -0.1) is 6.61 Å². The Hall–Kier alpha value is 0.840. The van der Waals surface area contributed by atoms with Gasteiger partial charge in [0.15, 0.2) is 0 Å². The fraction of sp³-hybridized carbons (Fsp3) is 1.00. The molecule has 0 atom stereocenters. The van der Waals surface area contributed by atoms with Crippen LogP contribution in [0.25, 0.3) is 0 Å². The molecule has 4 nitrogen and oxygen atoms in total. The molecule has 50 valence electrons. The Bertz CT molecular complexity index is 37.5. The van der Waals surface area contributed by atoms with Crippen LogP contribution in [0.15, 0.2) is 0 Å². The Balaban J connectivity index is 0. The van der Waals surface area contributed by atoms with Crippen molar-refractivity contribution in [3.05, 3.63) is 0 Å². The van der Waals surface area contributed by atoms with Crippen LogP contribution in [0.2, 0.25) is 0 Å². The molecular formula is C4H9NaO4. The Morgan fingerprint density at radius 2 is 1.78 bits per heavy atom. The summed E-state index contributed by atoms with van der Waals surface area (Å²) < 4.78 is 0. The van der Waals surface area contributed by atoms with E-state index in [0.717, 1.165) is 0 Å². The van der Waals surface area contributed by atoms with Gasteiger partial charge in [0.25, 0.3) is 0 Å². The van der Waals surface area contributed by atoms with Gasteiger partial charge in [0, 0.05) is 0 Å². The molecule has 0 heterocycles. The third-order valence-electron chi connectivity index (χ3n) is 0.425. The fourth-order valence-corrected chi connectivity index (χ4v) is 0.189. The monoisotopic (exact) mass is 144 g/mol. The first-order chi connectivity index (χ1) is 3.91. The second-order valence-electron chi connectivity index (χ2n) is 1.07. The molecule has 0 spiro atoms.